The first-order valence-corrected chi connectivity index (χ1v) is 6.94. The van der Waals surface area contributed by atoms with Crippen molar-refractivity contribution in [1.29, 1.82) is 0 Å². The molecule has 2 aliphatic rings. The van der Waals surface area contributed by atoms with E-state index in [1.165, 1.54) is 13.0 Å². The molecule has 3 N–H and O–H groups in total. The van der Waals surface area contributed by atoms with E-state index < -0.39 is 0 Å². The number of nitrogens with zero attached hydrogens (tertiary/aromatic N) is 1. The maximum atomic E-state index is 11.9. The van der Waals surface area contributed by atoms with Crippen LogP contribution >= 0.6 is 0 Å². The van der Waals surface area contributed by atoms with Gasteiger partial charge in [0.15, 0.2) is 0 Å². The van der Waals surface area contributed by atoms with Crippen molar-refractivity contribution in [2.45, 2.75) is 38.6 Å². The molecule has 2 rings (SSSR count). The molecule has 1 aliphatic carbocycles. The molecule has 0 spiro atoms. The average Bonchev–Trinajstić information content (AvgIpc) is 2.94. The third-order valence-electron chi connectivity index (χ3n) is 4.23. The Balaban J connectivity index is 1.66. The maximum absolute atomic E-state index is 11.9. The summed E-state index contributed by atoms with van der Waals surface area (Å²) in [6.45, 7) is 6.50. The number of hydrogen-bond donors (Lipinski definition) is 2. The number of carbonyl (C=O) groups is 1. The molecule has 3 unspecified atom stereocenters. The van der Waals surface area contributed by atoms with Gasteiger partial charge in [-0.15, -0.1) is 0 Å². The zero-order chi connectivity index (χ0) is 12.3. The van der Waals surface area contributed by atoms with E-state index in [1.54, 1.807) is 0 Å². The third-order valence-corrected chi connectivity index (χ3v) is 4.23. The van der Waals surface area contributed by atoms with Crippen LogP contribution in [0.2, 0.25) is 0 Å². The minimum absolute atomic E-state index is 0.175. The average molecular weight is 239 g/mol. The van der Waals surface area contributed by atoms with E-state index in [4.69, 9.17) is 5.73 Å². The summed E-state index contributed by atoms with van der Waals surface area (Å²) in [5.74, 6) is 1.05. The van der Waals surface area contributed by atoms with Gasteiger partial charge in [0.1, 0.15) is 0 Å². The molecule has 0 aromatic rings. The fourth-order valence-corrected chi connectivity index (χ4v) is 3.01. The highest BCUT2D eigenvalue weighted by Gasteiger charge is 2.28. The molecule has 1 amide bonds. The van der Waals surface area contributed by atoms with Crippen LogP contribution in [0.5, 0.6) is 0 Å². The Kier molecular flexibility index (Phi) is 4.40. The maximum Gasteiger partial charge on any atom is 0.223 e. The fourth-order valence-electron chi connectivity index (χ4n) is 3.01. The molecule has 3 atom stereocenters. The summed E-state index contributed by atoms with van der Waals surface area (Å²) in [5.41, 5.74) is 5.83. The minimum Gasteiger partial charge on any atom is -0.356 e. The molecule has 0 bridgehead atoms. The lowest BCUT2D eigenvalue weighted by Crippen LogP contribution is -2.35. The second-order valence-electron chi connectivity index (χ2n) is 5.56. The van der Waals surface area contributed by atoms with Gasteiger partial charge in [-0.25, -0.2) is 0 Å². The number of carbonyl (C=O) groups excluding carboxylic acids is 1. The number of rotatable bonds is 4. The lowest BCUT2D eigenvalue weighted by atomic mass is 10.1. The van der Waals surface area contributed by atoms with Gasteiger partial charge in [0, 0.05) is 25.0 Å². The molecular weight excluding hydrogens is 214 g/mol. The molecule has 4 heteroatoms. The number of hydrogen-bond acceptors (Lipinski definition) is 3. The van der Waals surface area contributed by atoms with Gasteiger partial charge < -0.3 is 16.0 Å². The van der Waals surface area contributed by atoms with Crippen molar-refractivity contribution in [3.63, 3.8) is 0 Å². The molecule has 17 heavy (non-hydrogen) atoms. The molecule has 1 saturated carbocycles. The molecule has 1 heterocycles. The first-order valence-electron chi connectivity index (χ1n) is 6.94. The predicted molar refractivity (Wildman–Crippen MR) is 68.5 cm³/mol. The Labute approximate surface area is 104 Å². The van der Waals surface area contributed by atoms with Crippen molar-refractivity contribution in [3.05, 3.63) is 0 Å². The number of amides is 1. The van der Waals surface area contributed by atoms with Crippen LogP contribution in [0, 0.1) is 11.8 Å². The summed E-state index contributed by atoms with van der Waals surface area (Å²) in [6, 6.07) is 0.243. The standard InChI is InChI=1S/C13H25N3O/c1-2-16-6-5-10(9-16)8-15-13(17)11-3-4-12(14)7-11/h10-12H,2-9,14H2,1H3,(H,15,17). The van der Waals surface area contributed by atoms with Gasteiger partial charge in [-0.05, 0) is 44.7 Å². The predicted octanol–water partition coefficient (Wildman–Crippen LogP) is 0.572. The molecule has 1 saturated heterocycles. The second-order valence-corrected chi connectivity index (χ2v) is 5.56. The summed E-state index contributed by atoms with van der Waals surface area (Å²) in [5, 5.41) is 3.11. The largest absolute Gasteiger partial charge is 0.356 e. The molecule has 98 valence electrons. The van der Waals surface area contributed by atoms with E-state index in [0.29, 0.717) is 5.92 Å². The van der Waals surface area contributed by atoms with Crippen LogP contribution in [0.3, 0.4) is 0 Å². The van der Waals surface area contributed by atoms with E-state index in [2.05, 4.69) is 17.1 Å². The van der Waals surface area contributed by atoms with Gasteiger partial charge in [-0.1, -0.05) is 6.92 Å². The first kappa shape index (κ1) is 12.8. The molecule has 1 aliphatic heterocycles. The highest BCUT2D eigenvalue weighted by atomic mass is 16.1. The first-order chi connectivity index (χ1) is 8.19. The quantitative estimate of drug-likeness (QED) is 0.754. The summed E-state index contributed by atoms with van der Waals surface area (Å²) in [4.78, 5) is 14.4. The van der Waals surface area contributed by atoms with Crippen molar-refractivity contribution in [1.82, 2.24) is 10.2 Å². The van der Waals surface area contributed by atoms with E-state index in [-0.39, 0.29) is 17.9 Å². The zero-order valence-corrected chi connectivity index (χ0v) is 10.8. The smallest absolute Gasteiger partial charge is 0.223 e. The highest BCUT2D eigenvalue weighted by molar-refractivity contribution is 5.79. The molecule has 2 fully saturated rings. The van der Waals surface area contributed by atoms with Gasteiger partial charge in [0.05, 0.1) is 0 Å². The van der Waals surface area contributed by atoms with Crippen LogP contribution in [0.1, 0.15) is 32.6 Å². The second kappa shape index (κ2) is 5.83. The topological polar surface area (TPSA) is 58.4 Å². The lowest BCUT2D eigenvalue weighted by Gasteiger charge is -2.15. The number of nitrogens with one attached hydrogen (secondary N) is 1. The van der Waals surface area contributed by atoms with Crippen LogP contribution in [0.25, 0.3) is 0 Å². The van der Waals surface area contributed by atoms with Crippen LogP contribution in [0.15, 0.2) is 0 Å². The molecule has 4 nitrogen and oxygen atoms in total. The third kappa shape index (κ3) is 3.42. The van der Waals surface area contributed by atoms with Crippen molar-refractivity contribution in [3.8, 4) is 0 Å². The van der Waals surface area contributed by atoms with Crippen molar-refractivity contribution in [2.24, 2.45) is 17.6 Å². The summed E-state index contributed by atoms with van der Waals surface area (Å²) < 4.78 is 0. The summed E-state index contributed by atoms with van der Waals surface area (Å²) >= 11 is 0. The number of likely N-dealkylation sites (tertiary alicyclic amines) is 1. The van der Waals surface area contributed by atoms with Gasteiger partial charge >= 0.3 is 0 Å². The van der Waals surface area contributed by atoms with Crippen LogP contribution in [-0.4, -0.2) is 43.0 Å². The molecule has 0 aromatic carbocycles. The van der Waals surface area contributed by atoms with Crippen molar-refractivity contribution in [2.75, 3.05) is 26.2 Å². The molecule has 0 aromatic heterocycles. The molecule has 0 radical (unpaired) electrons. The van der Waals surface area contributed by atoms with Gasteiger partial charge in [-0.2, -0.15) is 0 Å². The Morgan fingerprint density at radius 2 is 2.24 bits per heavy atom. The van der Waals surface area contributed by atoms with Crippen LogP contribution in [-0.2, 0) is 4.79 Å². The zero-order valence-electron chi connectivity index (χ0n) is 10.8. The normalized spacial score (nSPS) is 34.1. The Morgan fingerprint density at radius 1 is 1.41 bits per heavy atom. The van der Waals surface area contributed by atoms with Crippen molar-refractivity contribution >= 4 is 5.91 Å². The van der Waals surface area contributed by atoms with E-state index in [0.717, 1.165) is 38.9 Å². The van der Waals surface area contributed by atoms with E-state index in [9.17, 15) is 4.79 Å². The van der Waals surface area contributed by atoms with Crippen LogP contribution in [0.4, 0.5) is 0 Å². The summed E-state index contributed by atoms with van der Waals surface area (Å²) in [7, 11) is 0. The van der Waals surface area contributed by atoms with Gasteiger partial charge in [0.2, 0.25) is 5.91 Å². The highest BCUT2D eigenvalue weighted by Crippen LogP contribution is 2.24. The number of nitrogens with two attached hydrogens (primary N) is 1. The lowest BCUT2D eigenvalue weighted by molar-refractivity contribution is -0.125. The minimum atomic E-state index is 0.175. The molecular formula is C13H25N3O. The monoisotopic (exact) mass is 239 g/mol. The Hall–Kier alpha value is -0.610. The van der Waals surface area contributed by atoms with Crippen LogP contribution < -0.4 is 11.1 Å². The van der Waals surface area contributed by atoms with Gasteiger partial charge in [0.25, 0.3) is 0 Å². The Morgan fingerprint density at radius 3 is 2.82 bits per heavy atom. The fraction of sp³-hybridized carbons (Fsp3) is 0.923. The Bertz CT molecular complexity index is 269. The summed E-state index contributed by atoms with van der Waals surface area (Å²) in [6.07, 6.45) is 4.07. The SMILES string of the molecule is CCN1CCC(CNC(=O)C2CCC(N)C2)C1. The van der Waals surface area contributed by atoms with E-state index in [1.807, 2.05) is 0 Å². The van der Waals surface area contributed by atoms with Crippen molar-refractivity contribution < 1.29 is 4.79 Å². The van der Waals surface area contributed by atoms with Gasteiger partial charge in [-0.3, -0.25) is 4.79 Å². The van der Waals surface area contributed by atoms with E-state index >= 15 is 0 Å².